The topological polar surface area (TPSA) is 81.8 Å². The molecule has 2 aromatic carbocycles. The molecular formula is C25H23Cl3N4O3. The maximum Gasteiger partial charge on any atom is 0.322 e. The number of hydrogen-bond donors (Lipinski definition) is 2. The first kappa shape index (κ1) is 25.1. The standard InChI is InChI=1S/C25H23Cl3N4O3/c1-2-10-32-20-13-31(14-21(33)29-9-8-15-6-7-18(27)12-19(15)28)24(34)22(20)23(30-25(32)35)16-4-3-5-17(26)11-16/h2-7,11-12,23H,1,8-10,13-14H2,(H,29,33)(H,30,35). The second kappa shape index (κ2) is 10.7. The number of carbonyl (C=O) groups is 3. The number of amides is 4. The number of nitrogens with zero attached hydrogens (tertiary/aromatic N) is 2. The summed E-state index contributed by atoms with van der Waals surface area (Å²) < 4.78 is 0. The SMILES string of the molecule is C=CCN1C(=O)NC(c2cccc(Cl)c2)C2=C1CN(CC(=O)NCCc1ccc(Cl)cc1Cl)C2=O. The molecule has 0 aliphatic carbocycles. The molecule has 182 valence electrons. The van der Waals surface area contributed by atoms with Crippen LogP contribution in [0.25, 0.3) is 0 Å². The van der Waals surface area contributed by atoms with Crippen molar-refractivity contribution in [1.82, 2.24) is 20.4 Å². The number of nitrogens with one attached hydrogen (secondary N) is 2. The summed E-state index contributed by atoms with van der Waals surface area (Å²) >= 11 is 18.3. The van der Waals surface area contributed by atoms with Gasteiger partial charge < -0.3 is 15.5 Å². The molecule has 4 amide bonds. The van der Waals surface area contributed by atoms with Crippen molar-refractivity contribution < 1.29 is 14.4 Å². The van der Waals surface area contributed by atoms with Gasteiger partial charge in [0.2, 0.25) is 5.91 Å². The largest absolute Gasteiger partial charge is 0.354 e. The van der Waals surface area contributed by atoms with E-state index in [4.69, 9.17) is 34.8 Å². The molecule has 4 rings (SSSR count). The van der Waals surface area contributed by atoms with Gasteiger partial charge in [-0.25, -0.2) is 4.79 Å². The third-order valence-corrected chi connectivity index (χ3v) is 6.68. The molecular weight excluding hydrogens is 511 g/mol. The number of hydrogen-bond acceptors (Lipinski definition) is 3. The summed E-state index contributed by atoms with van der Waals surface area (Å²) in [4.78, 5) is 41.8. The molecule has 0 aromatic heterocycles. The Balaban J connectivity index is 1.46. The molecule has 0 saturated heterocycles. The van der Waals surface area contributed by atoms with Crippen LogP contribution in [0.4, 0.5) is 4.79 Å². The molecule has 0 spiro atoms. The van der Waals surface area contributed by atoms with Gasteiger partial charge in [-0.15, -0.1) is 6.58 Å². The van der Waals surface area contributed by atoms with Crippen LogP contribution in [0.2, 0.25) is 15.1 Å². The minimum absolute atomic E-state index is 0.140. The van der Waals surface area contributed by atoms with Gasteiger partial charge in [-0.3, -0.25) is 14.5 Å². The predicted octanol–water partition coefficient (Wildman–Crippen LogP) is 4.35. The van der Waals surface area contributed by atoms with E-state index in [0.29, 0.717) is 44.9 Å². The highest BCUT2D eigenvalue weighted by molar-refractivity contribution is 6.35. The summed E-state index contributed by atoms with van der Waals surface area (Å²) in [5.41, 5.74) is 2.54. The Hall–Kier alpha value is -3.00. The van der Waals surface area contributed by atoms with Crippen LogP contribution < -0.4 is 10.6 Å². The lowest BCUT2D eigenvalue weighted by Gasteiger charge is -2.33. The molecule has 0 saturated carbocycles. The van der Waals surface area contributed by atoms with Crippen LogP contribution in [0.5, 0.6) is 0 Å². The van der Waals surface area contributed by atoms with Gasteiger partial charge >= 0.3 is 6.03 Å². The van der Waals surface area contributed by atoms with Crippen molar-refractivity contribution >= 4 is 52.6 Å². The quantitative estimate of drug-likeness (QED) is 0.495. The van der Waals surface area contributed by atoms with E-state index < -0.39 is 6.04 Å². The number of rotatable bonds is 8. The average molecular weight is 534 g/mol. The van der Waals surface area contributed by atoms with E-state index in [1.165, 1.54) is 9.80 Å². The van der Waals surface area contributed by atoms with Crippen molar-refractivity contribution in [2.45, 2.75) is 12.5 Å². The van der Waals surface area contributed by atoms with E-state index in [9.17, 15) is 14.4 Å². The smallest absolute Gasteiger partial charge is 0.322 e. The summed E-state index contributed by atoms with van der Waals surface area (Å²) in [6.07, 6.45) is 2.11. The van der Waals surface area contributed by atoms with Crippen LogP contribution in [-0.4, -0.2) is 53.8 Å². The third kappa shape index (κ3) is 5.48. The molecule has 2 heterocycles. The molecule has 0 fully saturated rings. The zero-order valence-electron chi connectivity index (χ0n) is 18.7. The average Bonchev–Trinajstić information content (AvgIpc) is 3.12. The molecule has 7 nitrogen and oxygen atoms in total. The van der Waals surface area contributed by atoms with Gasteiger partial charge in [0.15, 0.2) is 0 Å². The highest BCUT2D eigenvalue weighted by Crippen LogP contribution is 2.36. The van der Waals surface area contributed by atoms with Crippen LogP contribution in [0.1, 0.15) is 17.2 Å². The maximum atomic E-state index is 13.4. The fourth-order valence-electron chi connectivity index (χ4n) is 4.22. The van der Waals surface area contributed by atoms with Gasteiger partial charge in [-0.05, 0) is 41.8 Å². The lowest BCUT2D eigenvalue weighted by atomic mass is 9.95. The van der Waals surface area contributed by atoms with Crippen LogP contribution >= 0.6 is 34.8 Å². The predicted molar refractivity (Wildman–Crippen MR) is 136 cm³/mol. The summed E-state index contributed by atoms with van der Waals surface area (Å²) in [5, 5.41) is 7.28. The molecule has 10 heteroatoms. The lowest BCUT2D eigenvalue weighted by molar-refractivity contribution is -0.131. The summed E-state index contributed by atoms with van der Waals surface area (Å²) in [6.45, 7) is 4.30. The molecule has 2 aliphatic heterocycles. The molecule has 2 N–H and O–H groups in total. The fraction of sp³-hybridized carbons (Fsp3) is 0.240. The van der Waals surface area contributed by atoms with Gasteiger partial charge in [-0.2, -0.15) is 0 Å². The lowest BCUT2D eigenvalue weighted by Crippen LogP contribution is -2.47. The Bertz CT molecular complexity index is 1230. The van der Waals surface area contributed by atoms with Gasteiger partial charge in [-0.1, -0.05) is 59.1 Å². The number of benzene rings is 2. The molecule has 2 aliphatic rings. The summed E-state index contributed by atoms with van der Waals surface area (Å²) in [6, 6.07) is 11.2. The van der Waals surface area contributed by atoms with Crippen molar-refractivity contribution in [1.29, 1.82) is 0 Å². The molecule has 35 heavy (non-hydrogen) atoms. The normalized spacial score (nSPS) is 17.4. The Morgan fingerprint density at radius 1 is 1.14 bits per heavy atom. The van der Waals surface area contributed by atoms with Crippen LogP contribution in [0, 0.1) is 0 Å². The molecule has 0 bridgehead atoms. The second-order valence-electron chi connectivity index (χ2n) is 8.19. The van der Waals surface area contributed by atoms with Crippen molar-refractivity contribution in [3.63, 3.8) is 0 Å². The van der Waals surface area contributed by atoms with Crippen LogP contribution in [-0.2, 0) is 16.0 Å². The summed E-state index contributed by atoms with van der Waals surface area (Å²) in [7, 11) is 0. The highest BCUT2D eigenvalue weighted by atomic mass is 35.5. The number of halogens is 3. The minimum atomic E-state index is -0.662. The van der Waals surface area contributed by atoms with Gasteiger partial charge in [0.1, 0.15) is 6.54 Å². The zero-order valence-corrected chi connectivity index (χ0v) is 21.0. The van der Waals surface area contributed by atoms with Crippen molar-refractivity contribution in [3.05, 3.63) is 92.6 Å². The monoisotopic (exact) mass is 532 g/mol. The highest BCUT2D eigenvalue weighted by Gasteiger charge is 2.44. The van der Waals surface area contributed by atoms with E-state index in [1.807, 2.05) is 6.07 Å². The first-order valence-electron chi connectivity index (χ1n) is 11.0. The van der Waals surface area contributed by atoms with E-state index in [-0.39, 0.29) is 37.5 Å². The Kier molecular flexibility index (Phi) is 7.69. The molecule has 1 atom stereocenters. The van der Waals surface area contributed by atoms with Crippen molar-refractivity contribution in [2.24, 2.45) is 0 Å². The number of carbonyl (C=O) groups excluding carboxylic acids is 3. The molecule has 1 unspecified atom stereocenters. The second-order valence-corrected chi connectivity index (χ2v) is 9.47. The van der Waals surface area contributed by atoms with Crippen LogP contribution in [0.3, 0.4) is 0 Å². The summed E-state index contributed by atoms with van der Waals surface area (Å²) in [5.74, 6) is -0.618. The van der Waals surface area contributed by atoms with Gasteiger partial charge in [0.05, 0.1) is 23.9 Å². The molecule has 0 radical (unpaired) electrons. The minimum Gasteiger partial charge on any atom is -0.354 e. The molecule has 2 aromatic rings. The van der Waals surface area contributed by atoms with Gasteiger partial charge in [0, 0.05) is 28.2 Å². The zero-order chi connectivity index (χ0) is 25.1. The Morgan fingerprint density at radius 3 is 2.63 bits per heavy atom. The first-order chi connectivity index (χ1) is 16.8. The van der Waals surface area contributed by atoms with Crippen molar-refractivity contribution in [2.75, 3.05) is 26.2 Å². The first-order valence-corrected chi connectivity index (χ1v) is 12.1. The van der Waals surface area contributed by atoms with E-state index >= 15 is 0 Å². The van der Waals surface area contributed by atoms with E-state index in [0.717, 1.165) is 5.56 Å². The third-order valence-electron chi connectivity index (χ3n) is 5.86. The van der Waals surface area contributed by atoms with Crippen molar-refractivity contribution in [3.8, 4) is 0 Å². The number of urea groups is 1. The van der Waals surface area contributed by atoms with E-state index in [1.54, 1.807) is 42.5 Å². The van der Waals surface area contributed by atoms with Crippen LogP contribution in [0.15, 0.2) is 66.4 Å². The van der Waals surface area contributed by atoms with E-state index in [2.05, 4.69) is 17.2 Å². The van der Waals surface area contributed by atoms with Gasteiger partial charge in [0.25, 0.3) is 5.91 Å². The Labute approximate surface area is 218 Å². The maximum absolute atomic E-state index is 13.4. The Morgan fingerprint density at radius 2 is 1.91 bits per heavy atom. The fourth-order valence-corrected chi connectivity index (χ4v) is 4.93.